The number of thiophene rings is 1. The van der Waals surface area contributed by atoms with Crippen LogP contribution in [0.5, 0.6) is 0 Å². The fraction of sp³-hybridized carbons (Fsp3) is 0.111. The summed E-state index contributed by atoms with van der Waals surface area (Å²) in [5.41, 5.74) is 7.91. The SMILES string of the molecule is Nc1cc2ccsc2c(CBr)c1Br. The maximum atomic E-state index is 5.86. The molecule has 2 N–H and O–H groups in total. The highest BCUT2D eigenvalue weighted by Gasteiger charge is 2.09. The van der Waals surface area contributed by atoms with E-state index in [1.807, 2.05) is 6.07 Å². The zero-order valence-corrected chi connectivity index (χ0v) is 10.7. The topological polar surface area (TPSA) is 26.0 Å². The van der Waals surface area contributed by atoms with Gasteiger partial charge in [-0.2, -0.15) is 0 Å². The lowest BCUT2D eigenvalue weighted by molar-refractivity contribution is 1.47. The Morgan fingerprint density at radius 2 is 2.23 bits per heavy atom. The van der Waals surface area contributed by atoms with Gasteiger partial charge in [0.2, 0.25) is 0 Å². The molecule has 1 aromatic heterocycles. The summed E-state index contributed by atoms with van der Waals surface area (Å²) >= 11 is 8.71. The van der Waals surface area contributed by atoms with Gasteiger partial charge in [0.15, 0.2) is 0 Å². The van der Waals surface area contributed by atoms with Crippen molar-refractivity contribution < 1.29 is 0 Å². The Hall–Kier alpha value is -0.0600. The molecule has 0 amide bonds. The van der Waals surface area contributed by atoms with Gasteiger partial charge < -0.3 is 5.73 Å². The maximum absolute atomic E-state index is 5.86. The second-order valence-electron chi connectivity index (χ2n) is 2.73. The van der Waals surface area contributed by atoms with Crippen molar-refractivity contribution in [1.29, 1.82) is 0 Å². The third kappa shape index (κ3) is 1.51. The molecule has 0 atom stereocenters. The molecular formula is C9H7Br2NS. The number of fused-ring (bicyclic) bond motifs is 1. The van der Waals surface area contributed by atoms with Crippen molar-refractivity contribution in [2.24, 2.45) is 0 Å². The molecule has 1 heterocycles. The summed E-state index contributed by atoms with van der Waals surface area (Å²) in [7, 11) is 0. The molecular weight excluding hydrogens is 314 g/mol. The van der Waals surface area contributed by atoms with Crippen LogP contribution in [0.4, 0.5) is 5.69 Å². The average Bonchev–Trinajstić information content (AvgIpc) is 2.54. The fourth-order valence-corrected chi connectivity index (χ4v) is 3.94. The number of halogens is 2. The number of nitrogen functional groups attached to an aromatic ring is 1. The first-order chi connectivity index (χ1) is 6.24. The molecule has 0 spiro atoms. The summed E-state index contributed by atoms with van der Waals surface area (Å²) in [6.45, 7) is 0. The van der Waals surface area contributed by atoms with E-state index in [9.17, 15) is 0 Å². The van der Waals surface area contributed by atoms with Crippen LogP contribution in [0.3, 0.4) is 0 Å². The molecule has 0 radical (unpaired) electrons. The lowest BCUT2D eigenvalue weighted by Gasteiger charge is -2.05. The standard InChI is InChI=1S/C9H7Br2NS/c10-4-6-8(11)7(12)3-5-1-2-13-9(5)6/h1-3H,4,12H2. The molecule has 0 aliphatic carbocycles. The normalized spacial score (nSPS) is 10.9. The van der Waals surface area contributed by atoms with Gasteiger partial charge in [0.05, 0.1) is 0 Å². The number of hydrogen-bond donors (Lipinski definition) is 1. The number of rotatable bonds is 1. The molecule has 0 saturated heterocycles. The summed E-state index contributed by atoms with van der Waals surface area (Å²) in [6, 6.07) is 4.09. The zero-order chi connectivity index (χ0) is 9.42. The first-order valence-electron chi connectivity index (χ1n) is 3.74. The van der Waals surface area contributed by atoms with Crippen molar-refractivity contribution in [2.75, 3.05) is 5.73 Å². The molecule has 13 heavy (non-hydrogen) atoms. The smallest absolute Gasteiger partial charge is 0.0468 e. The second kappa shape index (κ2) is 3.59. The Kier molecular flexibility index (Phi) is 2.62. The lowest BCUT2D eigenvalue weighted by Crippen LogP contribution is -1.90. The Labute approximate surface area is 97.2 Å². The fourth-order valence-electron chi connectivity index (χ4n) is 1.30. The quantitative estimate of drug-likeness (QED) is 0.620. The van der Waals surface area contributed by atoms with E-state index >= 15 is 0 Å². The summed E-state index contributed by atoms with van der Waals surface area (Å²) in [5.74, 6) is 0. The van der Waals surface area contributed by atoms with Crippen LogP contribution in [0, 0.1) is 0 Å². The summed E-state index contributed by atoms with van der Waals surface area (Å²) in [5, 5.41) is 4.14. The van der Waals surface area contributed by atoms with Crippen molar-refractivity contribution in [3.63, 3.8) is 0 Å². The van der Waals surface area contributed by atoms with Crippen molar-refractivity contribution in [3.8, 4) is 0 Å². The number of nitrogens with two attached hydrogens (primary N) is 1. The van der Waals surface area contributed by atoms with Gasteiger partial charge in [-0.05, 0) is 44.4 Å². The third-order valence-electron chi connectivity index (χ3n) is 1.93. The van der Waals surface area contributed by atoms with E-state index in [0.717, 1.165) is 15.5 Å². The Morgan fingerprint density at radius 3 is 2.92 bits per heavy atom. The van der Waals surface area contributed by atoms with Gasteiger partial charge >= 0.3 is 0 Å². The Bertz CT molecular complexity index is 450. The molecule has 0 aliphatic heterocycles. The van der Waals surface area contributed by atoms with Gasteiger partial charge in [0.25, 0.3) is 0 Å². The van der Waals surface area contributed by atoms with Crippen LogP contribution >= 0.6 is 43.2 Å². The van der Waals surface area contributed by atoms with Crippen molar-refractivity contribution in [3.05, 3.63) is 27.5 Å². The Balaban J connectivity index is 2.87. The number of alkyl halides is 1. The van der Waals surface area contributed by atoms with Crippen molar-refractivity contribution >= 4 is 59.0 Å². The van der Waals surface area contributed by atoms with E-state index in [1.165, 1.54) is 15.6 Å². The molecule has 1 nitrogen and oxygen atoms in total. The van der Waals surface area contributed by atoms with E-state index in [1.54, 1.807) is 11.3 Å². The Morgan fingerprint density at radius 1 is 1.46 bits per heavy atom. The zero-order valence-electron chi connectivity index (χ0n) is 6.68. The molecule has 0 unspecified atom stereocenters. The van der Waals surface area contributed by atoms with Gasteiger partial charge in [0.1, 0.15) is 0 Å². The molecule has 2 rings (SSSR count). The van der Waals surface area contributed by atoms with Crippen LogP contribution in [0.1, 0.15) is 5.56 Å². The van der Waals surface area contributed by atoms with Crippen LogP contribution < -0.4 is 5.73 Å². The minimum absolute atomic E-state index is 0.806. The van der Waals surface area contributed by atoms with Crippen LogP contribution in [-0.4, -0.2) is 0 Å². The molecule has 1 aromatic carbocycles. The first kappa shape index (κ1) is 9.49. The highest BCUT2D eigenvalue weighted by Crippen LogP contribution is 2.36. The van der Waals surface area contributed by atoms with Gasteiger partial charge in [-0.1, -0.05) is 15.9 Å². The number of hydrogen-bond acceptors (Lipinski definition) is 2. The molecule has 0 aliphatic rings. The van der Waals surface area contributed by atoms with Gasteiger partial charge in [0, 0.05) is 20.2 Å². The molecule has 68 valence electrons. The van der Waals surface area contributed by atoms with E-state index in [-0.39, 0.29) is 0 Å². The molecule has 0 saturated carbocycles. The first-order valence-corrected chi connectivity index (χ1v) is 6.53. The van der Waals surface area contributed by atoms with Crippen molar-refractivity contribution in [2.45, 2.75) is 5.33 Å². The predicted octanol–water partition coefficient (Wildman–Crippen LogP) is 4.14. The van der Waals surface area contributed by atoms with Gasteiger partial charge in [-0.25, -0.2) is 0 Å². The largest absolute Gasteiger partial charge is 0.398 e. The van der Waals surface area contributed by atoms with Crippen LogP contribution in [-0.2, 0) is 5.33 Å². The van der Waals surface area contributed by atoms with Crippen LogP contribution in [0.25, 0.3) is 10.1 Å². The highest BCUT2D eigenvalue weighted by molar-refractivity contribution is 9.11. The average molecular weight is 321 g/mol. The molecule has 2 aromatic rings. The lowest BCUT2D eigenvalue weighted by atomic mass is 10.1. The minimum Gasteiger partial charge on any atom is -0.398 e. The highest BCUT2D eigenvalue weighted by atomic mass is 79.9. The summed E-state index contributed by atoms with van der Waals surface area (Å²) in [4.78, 5) is 0. The summed E-state index contributed by atoms with van der Waals surface area (Å²) in [6.07, 6.45) is 0. The van der Waals surface area contributed by atoms with E-state index in [2.05, 4.69) is 43.3 Å². The molecule has 0 bridgehead atoms. The molecule has 4 heteroatoms. The van der Waals surface area contributed by atoms with Crippen LogP contribution in [0.2, 0.25) is 0 Å². The van der Waals surface area contributed by atoms with Gasteiger partial charge in [-0.3, -0.25) is 0 Å². The second-order valence-corrected chi connectivity index (χ2v) is 5.00. The predicted molar refractivity (Wildman–Crippen MR) is 66.6 cm³/mol. The molecule has 0 fully saturated rings. The number of anilines is 1. The monoisotopic (exact) mass is 319 g/mol. The summed E-state index contributed by atoms with van der Waals surface area (Å²) < 4.78 is 2.32. The maximum Gasteiger partial charge on any atom is 0.0468 e. The van der Waals surface area contributed by atoms with E-state index in [0.29, 0.717) is 0 Å². The van der Waals surface area contributed by atoms with Crippen LogP contribution in [0.15, 0.2) is 22.0 Å². The number of benzene rings is 1. The van der Waals surface area contributed by atoms with Gasteiger partial charge in [-0.15, -0.1) is 11.3 Å². The van der Waals surface area contributed by atoms with E-state index in [4.69, 9.17) is 5.73 Å². The minimum atomic E-state index is 0.806. The third-order valence-corrected chi connectivity index (χ3v) is 4.42. The van der Waals surface area contributed by atoms with E-state index < -0.39 is 0 Å². The van der Waals surface area contributed by atoms with Crippen molar-refractivity contribution in [1.82, 2.24) is 0 Å².